The third kappa shape index (κ3) is 4.38. The van der Waals surface area contributed by atoms with Gasteiger partial charge in [0, 0.05) is 31.2 Å². The first-order valence-electron chi connectivity index (χ1n) is 9.77. The fourth-order valence-corrected chi connectivity index (χ4v) is 3.72. The Bertz CT molecular complexity index is 958. The monoisotopic (exact) mass is 413 g/mol. The molecule has 2 aromatic carbocycles. The van der Waals surface area contributed by atoms with Crippen LogP contribution in [0.3, 0.4) is 0 Å². The number of hydrogen-bond donors (Lipinski definition) is 1. The fraction of sp³-hybridized carbons (Fsp3) is 0.409. The molecule has 1 aliphatic rings. The number of methoxy groups -OCH3 is 2. The minimum absolute atomic E-state index is 0.0579. The predicted octanol–water partition coefficient (Wildman–Crippen LogP) is 3.18. The summed E-state index contributed by atoms with van der Waals surface area (Å²) < 4.78 is 10.3. The Hall–Kier alpha value is -3.13. The Kier molecular flexibility index (Phi) is 6.26. The molecule has 0 bridgehead atoms. The van der Waals surface area contributed by atoms with Gasteiger partial charge in [0.25, 0.3) is 11.6 Å². The van der Waals surface area contributed by atoms with Gasteiger partial charge in [-0.1, -0.05) is 24.3 Å². The quantitative estimate of drug-likeness (QED) is 0.553. The number of benzene rings is 2. The molecule has 0 atom stereocenters. The lowest BCUT2D eigenvalue weighted by Gasteiger charge is -2.41. The number of nitrogens with zero attached hydrogens (tertiary/aromatic N) is 2. The average molecular weight is 413 g/mol. The molecule has 0 saturated heterocycles. The first-order chi connectivity index (χ1) is 14.3. The number of nitro benzene ring substituents is 1. The van der Waals surface area contributed by atoms with Gasteiger partial charge in [0.2, 0.25) is 0 Å². The summed E-state index contributed by atoms with van der Waals surface area (Å²) in [6.45, 7) is 6.15. The van der Waals surface area contributed by atoms with E-state index in [1.54, 1.807) is 0 Å². The van der Waals surface area contributed by atoms with E-state index in [0.29, 0.717) is 6.54 Å². The highest BCUT2D eigenvalue weighted by Crippen LogP contribution is 2.34. The van der Waals surface area contributed by atoms with Gasteiger partial charge in [-0.25, -0.2) is 0 Å². The molecule has 8 nitrogen and oxygen atoms in total. The van der Waals surface area contributed by atoms with E-state index in [2.05, 4.69) is 42.3 Å². The van der Waals surface area contributed by atoms with Crippen LogP contribution in [0.5, 0.6) is 11.5 Å². The second kappa shape index (κ2) is 8.71. The van der Waals surface area contributed by atoms with E-state index in [1.807, 2.05) is 6.07 Å². The number of carbonyl (C=O) groups is 1. The molecule has 8 heteroatoms. The average Bonchev–Trinajstić information content (AvgIpc) is 2.76. The van der Waals surface area contributed by atoms with Crippen molar-refractivity contribution in [3.63, 3.8) is 0 Å². The minimum atomic E-state index is -0.594. The van der Waals surface area contributed by atoms with Crippen LogP contribution in [0.4, 0.5) is 5.69 Å². The van der Waals surface area contributed by atoms with E-state index >= 15 is 0 Å². The minimum Gasteiger partial charge on any atom is -0.493 e. The maximum Gasteiger partial charge on any atom is 0.286 e. The van der Waals surface area contributed by atoms with Crippen LogP contribution in [-0.2, 0) is 13.0 Å². The summed E-state index contributed by atoms with van der Waals surface area (Å²) in [6.07, 6.45) is 0.953. The van der Waals surface area contributed by atoms with Crippen molar-refractivity contribution in [2.24, 2.45) is 0 Å². The van der Waals surface area contributed by atoms with Gasteiger partial charge < -0.3 is 14.8 Å². The highest BCUT2D eigenvalue weighted by Gasteiger charge is 2.31. The van der Waals surface area contributed by atoms with Crippen LogP contribution in [0.1, 0.15) is 35.3 Å². The number of rotatable bonds is 7. The lowest BCUT2D eigenvalue weighted by atomic mass is 9.94. The Balaban J connectivity index is 1.75. The second-order valence-corrected chi connectivity index (χ2v) is 7.92. The van der Waals surface area contributed by atoms with Crippen LogP contribution in [0.25, 0.3) is 0 Å². The Labute approximate surface area is 175 Å². The largest absolute Gasteiger partial charge is 0.493 e. The zero-order valence-electron chi connectivity index (χ0n) is 17.7. The molecule has 0 spiro atoms. The summed E-state index contributed by atoms with van der Waals surface area (Å²) >= 11 is 0. The Morgan fingerprint density at radius 3 is 2.43 bits per heavy atom. The molecule has 2 aromatic rings. The molecule has 1 aliphatic heterocycles. The third-order valence-corrected chi connectivity index (χ3v) is 5.61. The number of ether oxygens (including phenoxy) is 2. The normalized spacial score (nSPS) is 14.0. The zero-order chi connectivity index (χ0) is 21.9. The molecule has 1 amide bonds. The van der Waals surface area contributed by atoms with Crippen molar-refractivity contribution < 1.29 is 19.2 Å². The van der Waals surface area contributed by atoms with Crippen LogP contribution in [0, 0.1) is 10.1 Å². The first-order valence-corrected chi connectivity index (χ1v) is 9.77. The maximum atomic E-state index is 12.8. The molecule has 0 unspecified atom stereocenters. The summed E-state index contributed by atoms with van der Waals surface area (Å²) in [5.41, 5.74) is 1.94. The molecule has 0 saturated carbocycles. The second-order valence-electron chi connectivity index (χ2n) is 7.92. The first kappa shape index (κ1) is 21.6. The van der Waals surface area contributed by atoms with Crippen LogP contribution in [-0.4, -0.2) is 48.6 Å². The molecule has 1 N–H and O–H groups in total. The molecule has 0 aromatic heterocycles. The zero-order valence-corrected chi connectivity index (χ0v) is 17.7. The van der Waals surface area contributed by atoms with Gasteiger partial charge in [-0.15, -0.1) is 0 Å². The standard InChI is InChI=1S/C22H27N3O5/c1-22(2,24-10-9-15-7-5-6-8-16(15)13-24)14-23-21(26)17-11-19(29-3)20(30-4)12-18(17)25(27)28/h5-8,11-12H,9-10,13-14H2,1-4H3,(H,23,26). The van der Waals surface area contributed by atoms with Crippen molar-refractivity contribution in [3.05, 3.63) is 63.2 Å². The van der Waals surface area contributed by atoms with E-state index in [1.165, 1.54) is 37.5 Å². The van der Waals surface area contributed by atoms with E-state index < -0.39 is 10.8 Å². The molecule has 1 heterocycles. The lowest BCUT2D eigenvalue weighted by Crippen LogP contribution is -2.53. The van der Waals surface area contributed by atoms with Crippen molar-refractivity contribution in [2.45, 2.75) is 32.4 Å². The molecular weight excluding hydrogens is 386 g/mol. The van der Waals surface area contributed by atoms with Crippen LogP contribution < -0.4 is 14.8 Å². The van der Waals surface area contributed by atoms with Crippen LogP contribution in [0.2, 0.25) is 0 Å². The molecular formula is C22H27N3O5. The molecule has 30 heavy (non-hydrogen) atoms. The molecule has 0 aliphatic carbocycles. The summed E-state index contributed by atoms with van der Waals surface area (Å²) in [4.78, 5) is 26.0. The molecule has 0 fully saturated rings. The predicted molar refractivity (Wildman–Crippen MR) is 113 cm³/mol. The molecule has 160 valence electrons. The SMILES string of the molecule is COc1cc(C(=O)NCC(C)(C)N2CCc3ccccc3C2)c([N+](=O)[O-])cc1OC. The molecule has 0 radical (unpaired) electrons. The summed E-state index contributed by atoms with van der Waals surface area (Å²) in [5.74, 6) is -0.0543. The van der Waals surface area contributed by atoms with Crippen LogP contribution in [0.15, 0.2) is 36.4 Å². The topological polar surface area (TPSA) is 93.9 Å². The summed E-state index contributed by atoms with van der Waals surface area (Å²) in [7, 11) is 2.81. The van der Waals surface area contributed by atoms with E-state index in [0.717, 1.165) is 19.5 Å². The van der Waals surface area contributed by atoms with Gasteiger partial charge in [-0.3, -0.25) is 19.8 Å². The van der Waals surface area contributed by atoms with Crippen LogP contribution >= 0.6 is 0 Å². The van der Waals surface area contributed by atoms with Crippen molar-refractivity contribution in [3.8, 4) is 11.5 Å². The van der Waals surface area contributed by atoms with Gasteiger partial charge in [-0.05, 0) is 31.4 Å². The lowest BCUT2D eigenvalue weighted by molar-refractivity contribution is -0.385. The highest BCUT2D eigenvalue weighted by atomic mass is 16.6. The number of nitrogens with one attached hydrogen (secondary N) is 1. The van der Waals surface area contributed by atoms with Crippen molar-refractivity contribution in [2.75, 3.05) is 27.3 Å². The van der Waals surface area contributed by atoms with Crippen molar-refractivity contribution >= 4 is 11.6 Å². The summed E-state index contributed by atoms with van der Waals surface area (Å²) in [6, 6.07) is 10.9. The highest BCUT2D eigenvalue weighted by molar-refractivity contribution is 5.99. The third-order valence-electron chi connectivity index (χ3n) is 5.61. The maximum absolute atomic E-state index is 12.8. The van der Waals surface area contributed by atoms with Gasteiger partial charge in [0.15, 0.2) is 11.5 Å². The number of nitro groups is 1. The Morgan fingerprint density at radius 1 is 1.17 bits per heavy atom. The van der Waals surface area contributed by atoms with E-state index in [4.69, 9.17) is 9.47 Å². The smallest absolute Gasteiger partial charge is 0.286 e. The van der Waals surface area contributed by atoms with E-state index in [9.17, 15) is 14.9 Å². The van der Waals surface area contributed by atoms with Gasteiger partial charge in [0.1, 0.15) is 5.56 Å². The van der Waals surface area contributed by atoms with Gasteiger partial charge >= 0.3 is 0 Å². The van der Waals surface area contributed by atoms with Gasteiger partial charge in [-0.2, -0.15) is 0 Å². The van der Waals surface area contributed by atoms with Gasteiger partial charge in [0.05, 0.1) is 25.2 Å². The Morgan fingerprint density at radius 2 is 1.80 bits per heavy atom. The van der Waals surface area contributed by atoms with Crippen molar-refractivity contribution in [1.29, 1.82) is 0 Å². The molecule has 3 rings (SSSR count). The number of amides is 1. The van der Waals surface area contributed by atoms with Crippen molar-refractivity contribution in [1.82, 2.24) is 10.2 Å². The number of hydrogen-bond acceptors (Lipinski definition) is 6. The fourth-order valence-electron chi connectivity index (χ4n) is 3.72. The number of fused-ring (bicyclic) bond motifs is 1. The number of carbonyl (C=O) groups excluding carboxylic acids is 1. The summed E-state index contributed by atoms with van der Waals surface area (Å²) in [5, 5.41) is 14.3. The van der Waals surface area contributed by atoms with E-state index in [-0.39, 0.29) is 28.3 Å².